The number of pyridine rings is 1. The fourth-order valence-electron chi connectivity index (χ4n) is 2.72. The van der Waals surface area contributed by atoms with E-state index in [0.717, 1.165) is 16.8 Å². The monoisotopic (exact) mass is 276 g/mol. The van der Waals surface area contributed by atoms with Crippen molar-refractivity contribution in [3.05, 3.63) is 23.9 Å². The number of fused-ring (bicyclic) bond motifs is 1. The Morgan fingerprint density at radius 2 is 2.32 bits per heavy atom. The van der Waals surface area contributed by atoms with Crippen molar-refractivity contribution < 1.29 is 0 Å². The number of hydrogen-bond acceptors (Lipinski definition) is 4. The number of aryl methyl sites for hydroxylation is 1. The van der Waals surface area contributed by atoms with Crippen LogP contribution in [0.5, 0.6) is 0 Å². The van der Waals surface area contributed by atoms with Crippen LogP contribution >= 0.6 is 11.8 Å². The summed E-state index contributed by atoms with van der Waals surface area (Å²) in [6.45, 7) is 2.08. The normalized spacial score (nSPS) is 23.7. The highest BCUT2D eigenvalue weighted by molar-refractivity contribution is 7.99. The third-order valence-corrected chi connectivity index (χ3v) is 4.88. The Morgan fingerprint density at radius 3 is 3.16 bits per heavy atom. The van der Waals surface area contributed by atoms with E-state index in [-0.39, 0.29) is 0 Å². The van der Waals surface area contributed by atoms with Crippen LogP contribution in [-0.2, 0) is 0 Å². The molecule has 2 unspecified atom stereocenters. The van der Waals surface area contributed by atoms with Crippen LogP contribution in [0, 0.1) is 6.92 Å². The van der Waals surface area contributed by atoms with E-state index in [0.29, 0.717) is 6.04 Å². The lowest BCUT2D eigenvalue weighted by molar-refractivity contribution is 0.471. The van der Waals surface area contributed by atoms with Gasteiger partial charge in [0.15, 0.2) is 5.65 Å². The van der Waals surface area contributed by atoms with Gasteiger partial charge in [-0.3, -0.25) is 0 Å². The summed E-state index contributed by atoms with van der Waals surface area (Å²) < 4.78 is 1.84. The maximum atomic E-state index is 4.55. The number of hydrogen-bond donors (Lipinski definition) is 1. The quantitative estimate of drug-likeness (QED) is 0.935. The van der Waals surface area contributed by atoms with E-state index in [4.69, 9.17) is 0 Å². The summed E-state index contributed by atoms with van der Waals surface area (Å²) in [7, 11) is 0. The summed E-state index contributed by atoms with van der Waals surface area (Å²) >= 11 is 1.98. The standard InChI is InChI=1S/C14H20N4S/c1-10-6-7-18-13(8-10)16-14(17-18)15-11-4-3-5-12(9-11)19-2/h6-8,11-12H,3-5,9H2,1-2H3,(H,15,17). The van der Waals surface area contributed by atoms with Crippen LogP contribution in [-0.4, -0.2) is 32.1 Å². The molecular formula is C14H20N4S. The van der Waals surface area contributed by atoms with Gasteiger partial charge in [0.2, 0.25) is 5.95 Å². The van der Waals surface area contributed by atoms with Crippen molar-refractivity contribution in [2.75, 3.05) is 11.6 Å². The second kappa shape index (κ2) is 5.41. The fraction of sp³-hybridized carbons (Fsp3) is 0.571. The van der Waals surface area contributed by atoms with Gasteiger partial charge in [-0.05, 0) is 50.1 Å². The molecule has 1 aliphatic rings. The SMILES string of the molecule is CSC1CCCC(Nc2nc3cc(C)ccn3n2)C1. The number of thioether (sulfide) groups is 1. The summed E-state index contributed by atoms with van der Waals surface area (Å²) in [6, 6.07) is 4.63. The highest BCUT2D eigenvalue weighted by atomic mass is 32.2. The molecule has 1 N–H and O–H groups in total. The Balaban J connectivity index is 1.74. The van der Waals surface area contributed by atoms with Gasteiger partial charge in [0.25, 0.3) is 0 Å². The van der Waals surface area contributed by atoms with Crippen molar-refractivity contribution in [2.45, 2.75) is 43.9 Å². The molecule has 0 aromatic carbocycles. The summed E-state index contributed by atoms with van der Waals surface area (Å²) in [5.74, 6) is 0.761. The molecule has 1 aliphatic carbocycles. The summed E-state index contributed by atoms with van der Waals surface area (Å²) in [5, 5.41) is 8.77. The van der Waals surface area contributed by atoms with Gasteiger partial charge in [-0.1, -0.05) is 6.42 Å². The summed E-state index contributed by atoms with van der Waals surface area (Å²) in [4.78, 5) is 4.55. The van der Waals surface area contributed by atoms with Gasteiger partial charge in [-0.2, -0.15) is 16.7 Å². The topological polar surface area (TPSA) is 42.2 Å². The molecule has 2 heterocycles. The van der Waals surface area contributed by atoms with E-state index in [2.05, 4.69) is 40.7 Å². The highest BCUT2D eigenvalue weighted by Crippen LogP contribution is 2.28. The first-order valence-electron chi connectivity index (χ1n) is 6.87. The number of anilines is 1. The van der Waals surface area contributed by atoms with E-state index >= 15 is 0 Å². The molecule has 0 aliphatic heterocycles. The molecule has 0 bridgehead atoms. The predicted molar refractivity (Wildman–Crippen MR) is 80.9 cm³/mol. The van der Waals surface area contributed by atoms with Crippen molar-refractivity contribution in [1.82, 2.24) is 14.6 Å². The Kier molecular flexibility index (Phi) is 3.64. The zero-order valence-corrected chi connectivity index (χ0v) is 12.3. The Morgan fingerprint density at radius 1 is 1.42 bits per heavy atom. The van der Waals surface area contributed by atoms with Crippen LogP contribution < -0.4 is 5.32 Å². The van der Waals surface area contributed by atoms with Crippen molar-refractivity contribution >= 4 is 23.4 Å². The van der Waals surface area contributed by atoms with E-state index in [1.165, 1.54) is 31.2 Å². The third-order valence-electron chi connectivity index (χ3n) is 3.79. The van der Waals surface area contributed by atoms with Crippen LogP contribution in [0.15, 0.2) is 18.3 Å². The molecule has 2 aromatic rings. The molecule has 0 radical (unpaired) electrons. The molecule has 5 heteroatoms. The van der Waals surface area contributed by atoms with Gasteiger partial charge in [-0.15, -0.1) is 5.10 Å². The Labute approximate surface area is 118 Å². The van der Waals surface area contributed by atoms with Crippen molar-refractivity contribution in [2.24, 2.45) is 0 Å². The first-order valence-corrected chi connectivity index (χ1v) is 8.16. The smallest absolute Gasteiger partial charge is 0.243 e. The minimum atomic E-state index is 0.518. The van der Waals surface area contributed by atoms with Gasteiger partial charge in [0, 0.05) is 17.5 Å². The molecule has 102 valence electrons. The Hall–Kier alpha value is -1.23. The first kappa shape index (κ1) is 12.8. The number of aromatic nitrogens is 3. The van der Waals surface area contributed by atoms with Crippen LogP contribution in [0.25, 0.3) is 5.65 Å². The molecular weight excluding hydrogens is 256 g/mol. The lowest BCUT2D eigenvalue weighted by Gasteiger charge is -2.28. The van der Waals surface area contributed by atoms with Crippen molar-refractivity contribution in [1.29, 1.82) is 0 Å². The molecule has 4 nitrogen and oxygen atoms in total. The van der Waals surface area contributed by atoms with Gasteiger partial charge in [0.05, 0.1) is 0 Å². The average Bonchev–Trinajstić information content (AvgIpc) is 2.80. The number of nitrogens with zero attached hydrogens (tertiary/aromatic N) is 3. The van der Waals surface area contributed by atoms with Gasteiger partial charge < -0.3 is 5.32 Å². The van der Waals surface area contributed by atoms with Gasteiger partial charge in [-0.25, -0.2) is 4.52 Å². The molecule has 0 spiro atoms. The molecule has 0 saturated heterocycles. The van der Waals surface area contributed by atoms with Crippen LogP contribution in [0.1, 0.15) is 31.2 Å². The highest BCUT2D eigenvalue weighted by Gasteiger charge is 2.22. The summed E-state index contributed by atoms with van der Waals surface area (Å²) in [6.07, 6.45) is 9.27. The lowest BCUT2D eigenvalue weighted by Crippen LogP contribution is -2.28. The number of rotatable bonds is 3. The minimum absolute atomic E-state index is 0.518. The molecule has 0 amide bonds. The zero-order chi connectivity index (χ0) is 13.2. The molecule has 19 heavy (non-hydrogen) atoms. The molecule has 2 aromatic heterocycles. The largest absolute Gasteiger partial charge is 0.350 e. The maximum Gasteiger partial charge on any atom is 0.243 e. The molecule has 1 fully saturated rings. The molecule has 1 saturated carbocycles. The Bertz CT molecular complexity index is 566. The minimum Gasteiger partial charge on any atom is -0.350 e. The first-order chi connectivity index (χ1) is 9.24. The fourth-order valence-corrected chi connectivity index (χ4v) is 3.54. The van der Waals surface area contributed by atoms with E-state index < -0.39 is 0 Å². The lowest BCUT2D eigenvalue weighted by atomic mass is 9.95. The van der Waals surface area contributed by atoms with Crippen LogP contribution in [0.2, 0.25) is 0 Å². The van der Waals surface area contributed by atoms with E-state index in [9.17, 15) is 0 Å². The van der Waals surface area contributed by atoms with Crippen molar-refractivity contribution in [3.63, 3.8) is 0 Å². The summed E-state index contributed by atoms with van der Waals surface area (Å²) in [5.41, 5.74) is 2.13. The zero-order valence-electron chi connectivity index (χ0n) is 11.5. The maximum absolute atomic E-state index is 4.55. The van der Waals surface area contributed by atoms with Crippen LogP contribution in [0.4, 0.5) is 5.95 Å². The second-order valence-electron chi connectivity index (χ2n) is 5.31. The predicted octanol–water partition coefficient (Wildman–Crippen LogP) is 3.12. The average molecular weight is 276 g/mol. The van der Waals surface area contributed by atoms with E-state index in [1.54, 1.807) is 0 Å². The van der Waals surface area contributed by atoms with Crippen LogP contribution in [0.3, 0.4) is 0 Å². The van der Waals surface area contributed by atoms with Gasteiger partial charge >= 0.3 is 0 Å². The van der Waals surface area contributed by atoms with Gasteiger partial charge in [0.1, 0.15) is 0 Å². The van der Waals surface area contributed by atoms with Crippen molar-refractivity contribution in [3.8, 4) is 0 Å². The van der Waals surface area contributed by atoms with E-state index in [1.807, 2.05) is 22.5 Å². The number of nitrogens with one attached hydrogen (secondary N) is 1. The molecule has 3 rings (SSSR count). The third kappa shape index (κ3) is 2.86. The second-order valence-corrected chi connectivity index (χ2v) is 6.45. The molecule has 2 atom stereocenters.